The number of anilines is 1. The minimum absolute atomic E-state index is 0.556. The van der Waals surface area contributed by atoms with Crippen LogP contribution in [0.4, 0.5) is 5.69 Å². The summed E-state index contributed by atoms with van der Waals surface area (Å²) < 4.78 is 0. The molecule has 0 saturated heterocycles. The normalized spacial score (nSPS) is 9.94. The summed E-state index contributed by atoms with van der Waals surface area (Å²) in [5, 5.41) is 0. The molecule has 0 saturated carbocycles. The van der Waals surface area contributed by atoms with Crippen LogP contribution in [0.25, 0.3) is 0 Å². The smallest absolute Gasteiger partial charge is 0.0326 e. The largest absolute Gasteiger partial charge is 0.399 e. The third kappa shape index (κ3) is 3.15. The number of nitrogen functional groups attached to an aromatic ring is 1. The number of hydrogen-bond acceptors (Lipinski definition) is 1. The van der Waals surface area contributed by atoms with E-state index in [1.54, 1.807) is 0 Å². The number of benzene rings is 2. The highest BCUT2D eigenvalue weighted by Crippen LogP contribution is 2.14. The van der Waals surface area contributed by atoms with Crippen LogP contribution in [0.3, 0.4) is 0 Å². The van der Waals surface area contributed by atoms with Gasteiger partial charge in [-0.05, 0) is 41.8 Å². The number of hydrogen-bond donors (Lipinski definition) is 1. The van der Waals surface area contributed by atoms with E-state index in [4.69, 9.17) is 5.73 Å². The molecule has 0 aliphatic carbocycles. The Morgan fingerprint density at radius 3 is 2.17 bits per heavy atom. The van der Waals surface area contributed by atoms with Crippen molar-refractivity contribution in [3.8, 4) is 11.8 Å². The van der Waals surface area contributed by atoms with Crippen molar-refractivity contribution in [2.24, 2.45) is 0 Å². The molecule has 1 heteroatoms. The summed E-state index contributed by atoms with van der Waals surface area (Å²) in [5.74, 6) is 6.83. The number of rotatable bonds is 1. The topological polar surface area (TPSA) is 26.0 Å². The van der Waals surface area contributed by atoms with Crippen molar-refractivity contribution in [3.05, 3.63) is 65.2 Å². The first kappa shape index (κ1) is 12.3. The lowest BCUT2D eigenvalue weighted by Crippen LogP contribution is -1.86. The second-order valence-electron chi connectivity index (χ2n) is 4.65. The summed E-state index contributed by atoms with van der Waals surface area (Å²) in [4.78, 5) is 0. The molecule has 0 amide bonds. The molecule has 2 N–H and O–H groups in total. The molecule has 0 spiro atoms. The SMILES string of the molecule is CC(C)c1ccc(C#Cc2cccc(N)c2)cc1. The summed E-state index contributed by atoms with van der Waals surface area (Å²) >= 11 is 0. The lowest BCUT2D eigenvalue weighted by atomic mass is 10.0. The van der Waals surface area contributed by atoms with Crippen molar-refractivity contribution < 1.29 is 0 Å². The van der Waals surface area contributed by atoms with Gasteiger partial charge in [0, 0.05) is 16.8 Å². The van der Waals surface area contributed by atoms with Crippen LogP contribution in [-0.2, 0) is 0 Å². The molecule has 2 aromatic rings. The van der Waals surface area contributed by atoms with E-state index in [0.29, 0.717) is 5.92 Å². The van der Waals surface area contributed by atoms with Gasteiger partial charge < -0.3 is 5.73 Å². The zero-order chi connectivity index (χ0) is 13.0. The van der Waals surface area contributed by atoms with E-state index >= 15 is 0 Å². The Labute approximate surface area is 109 Å². The van der Waals surface area contributed by atoms with Crippen LogP contribution < -0.4 is 5.73 Å². The Bertz CT molecular complexity index is 583. The highest BCUT2D eigenvalue weighted by molar-refractivity contribution is 5.49. The Balaban J connectivity index is 2.20. The van der Waals surface area contributed by atoms with E-state index in [0.717, 1.165) is 16.8 Å². The molecule has 2 aromatic carbocycles. The van der Waals surface area contributed by atoms with E-state index in [1.165, 1.54) is 5.56 Å². The molecule has 90 valence electrons. The molecule has 0 radical (unpaired) electrons. The van der Waals surface area contributed by atoms with E-state index in [1.807, 2.05) is 24.3 Å². The fourth-order valence-electron chi connectivity index (χ4n) is 1.71. The molecular weight excluding hydrogens is 218 g/mol. The molecule has 1 nitrogen and oxygen atoms in total. The van der Waals surface area contributed by atoms with Crippen LogP contribution in [0, 0.1) is 11.8 Å². The Morgan fingerprint density at radius 1 is 0.889 bits per heavy atom. The van der Waals surface area contributed by atoms with Crippen molar-refractivity contribution in [2.75, 3.05) is 5.73 Å². The van der Waals surface area contributed by atoms with E-state index in [2.05, 4.69) is 50.0 Å². The maximum absolute atomic E-state index is 5.71. The van der Waals surface area contributed by atoms with Gasteiger partial charge in [0.15, 0.2) is 0 Å². The standard InChI is InChI=1S/C17H17N/c1-13(2)16-10-8-14(9-11-16)6-7-15-4-3-5-17(18)12-15/h3-5,8-13H,18H2,1-2H3. The summed E-state index contributed by atoms with van der Waals surface area (Å²) in [5.41, 5.74) is 9.77. The maximum atomic E-state index is 5.71. The van der Waals surface area contributed by atoms with Gasteiger partial charge in [0.25, 0.3) is 0 Å². The summed E-state index contributed by atoms with van der Waals surface area (Å²) in [6.07, 6.45) is 0. The molecule has 0 aromatic heterocycles. The average molecular weight is 235 g/mol. The zero-order valence-corrected chi connectivity index (χ0v) is 10.8. The highest BCUT2D eigenvalue weighted by atomic mass is 14.5. The lowest BCUT2D eigenvalue weighted by molar-refractivity contribution is 0.866. The molecule has 2 rings (SSSR count). The second kappa shape index (κ2) is 5.42. The van der Waals surface area contributed by atoms with Crippen molar-refractivity contribution in [3.63, 3.8) is 0 Å². The summed E-state index contributed by atoms with van der Waals surface area (Å²) in [7, 11) is 0. The van der Waals surface area contributed by atoms with Gasteiger partial charge in [-0.3, -0.25) is 0 Å². The number of nitrogens with two attached hydrogens (primary N) is 1. The monoisotopic (exact) mass is 235 g/mol. The van der Waals surface area contributed by atoms with E-state index in [9.17, 15) is 0 Å². The van der Waals surface area contributed by atoms with Crippen molar-refractivity contribution >= 4 is 5.69 Å². The molecule has 0 aliphatic heterocycles. The summed E-state index contributed by atoms with van der Waals surface area (Å²) in [6, 6.07) is 16.0. The van der Waals surface area contributed by atoms with Gasteiger partial charge in [-0.2, -0.15) is 0 Å². The Kier molecular flexibility index (Phi) is 3.69. The Morgan fingerprint density at radius 2 is 1.56 bits per heavy atom. The van der Waals surface area contributed by atoms with E-state index < -0.39 is 0 Å². The molecule has 18 heavy (non-hydrogen) atoms. The molecule has 0 bridgehead atoms. The summed E-state index contributed by atoms with van der Waals surface area (Å²) in [6.45, 7) is 4.38. The van der Waals surface area contributed by atoms with Crippen LogP contribution >= 0.6 is 0 Å². The van der Waals surface area contributed by atoms with Crippen molar-refractivity contribution in [2.45, 2.75) is 19.8 Å². The van der Waals surface area contributed by atoms with Gasteiger partial charge in [-0.1, -0.05) is 43.9 Å². The lowest BCUT2D eigenvalue weighted by Gasteiger charge is -2.03. The van der Waals surface area contributed by atoms with Crippen LogP contribution in [-0.4, -0.2) is 0 Å². The third-order valence-electron chi connectivity index (χ3n) is 2.82. The highest BCUT2D eigenvalue weighted by Gasteiger charge is 1.97. The predicted octanol–water partition coefficient (Wildman–Crippen LogP) is 3.79. The molecule has 0 fully saturated rings. The first-order chi connectivity index (χ1) is 8.65. The van der Waals surface area contributed by atoms with Crippen LogP contribution in [0.1, 0.15) is 36.5 Å². The van der Waals surface area contributed by atoms with Crippen LogP contribution in [0.15, 0.2) is 48.5 Å². The van der Waals surface area contributed by atoms with Gasteiger partial charge in [-0.25, -0.2) is 0 Å². The van der Waals surface area contributed by atoms with E-state index in [-0.39, 0.29) is 0 Å². The first-order valence-corrected chi connectivity index (χ1v) is 6.12. The van der Waals surface area contributed by atoms with Crippen molar-refractivity contribution in [1.29, 1.82) is 0 Å². The van der Waals surface area contributed by atoms with Gasteiger partial charge >= 0.3 is 0 Å². The van der Waals surface area contributed by atoms with Gasteiger partial charge in [0.1, 0.15) is 0 Å². The van der Waals surface area contributed by atoms with Gasteiger partial charge in [0.05, 0.1) is 0 Å². The first-order valence-electron chi connectivity index (χ1n) is 6.12. The fourth-order valence-corrected chi connectivity index (χ4v) is 1.71. The molecular formula is C17H17N. The maximum Gasteiger partial charge on any atom is 0.0326 e. The minimum atomic E-state index is 0.556. The van der Waals surface area contributed by atoms with Gasteiger partial charge in [-0.15, -0.1) is 0 Å². The average Bonchev–Trinajstić information content (AvgIpc) is 2.37. The Hall–Kier alpha value is -2.20. The predicted molar refractivity (Wildman–Crippen MR) is 77.4 cm³/mol. The van der Waals surface area contributed by atoms with Crippen LogP contribution in [0.2, 0.25) is 0 Å². The molecule has 0 atom stereocenters. The fraction of sp³-hybridized carbons (Fsp3) is 0.176. The molecule has 0 heterocycles. The zero-order valence-electron chi connectivity index (χ0n) is 10.8. The van der Waals surface area contributed by atoms with Gasteiger partial charge in [0.2, 0.25) is 0 Å². The van der Waals surface area contributed by atoms with Crippen LogP contribution in [0.5, 0.6) is 0 Å². The molecule has 0 aliphatic rings. The second-order valence-corrected chi connectivity index (χ2v) is 4.65. The molecule has 0 unspecified atom stereocenters. The third-order valence-corrected chi connectivity index (χ3v) is 2.82. The quantitative estimate of drug-likeness (QED) is 0.590. The minimum Gasteiger partial charge on any atom is -0.399 e. The van der Waals surface area contributed by atoms with Crippen molar-refractivity contribution in [1.82, 2.24) is 0 Å².